The first-order valence-electron chi connectivity index (χ1n) is 12.6. The van der Waals surface area contributed by atoms with E-state index in [0.29, 0.717) is 49.9 Å². The predicted octanol–water partition coefficient (Wildman–Crippen LogP) is 8.85. The number of hydrogen-bond acceptors (Lipinski definition) is 5. The lowest BCUT2D eigenvalue weighted by molar-refractivity contribution is 0.284. The third-order valence-electron chi connectivity index (χ3n) is 6.79. The van der Waals surface area contributed by atoms with Gasteiger partial charge < -0.3 is 9.47 Å². The van der Waals surface area contributed by atoms with Gasteiger partial charge in [-0.25, -0.2) is 4.98 Å². The predicted molar refractivity (Wildman–Crippen MR) is 167 cm³/mol. The minimum absolute atomic E-state index is 0.174. The van der Waals surface area contributed by atoms with Crippen molar-refractivity contribution in [3.8, 4) is 11.5 Å². The van der Waals surface area contributed by atoms with Gasteiger partial charge in [0.15, 0.2) is 11.5 Å². The molecule has 1 fully saturated rings. The highest BCUT2D eigenvalue weighted by Crippen LogP contribution is 2.42. The van der Waals surface area contributed by atoms with Gasteiger partial charge in [0.05, 0.1) is 24.2 Å². The molecule has 5 rings (SSSR count). The number of benzene rings is 3. The average Bonchev–Trinajstić information content (AvgIpc) is 2.95. The summed E-state index contributed by atoms with van der Waals surface area (Å²) in [4.78, 5) is 18.5. The number of halogens is 4. The van der Waals surface area contributed by atoms with Crippen LogP contribution in [0.3, 0.4) is 0 Å². The lowest BCUT2D eigenvalue weighted by Gasteiger charge is -2.22. The van der Waals surface area contributed by atoms with Gasteiger partial charge in [-0.2, -0.15) is 9.78 Å². The van der Waals surface area contributed by atoms with E-state index in [2.05, 4.69) is 52.9 Å². The molecule has 0 saturated heterocycles. The molecule has 1 aliphatic rings. The van der Waals surface area contributed by atoms with E-state index in [0.717, 1.165) is 40.2 Å². The second-order valence-corrected chi connectivity index (χ2v) is 12.4. The number of methoxy groups -OCH3 is 1. The van der Waals surface area contributed by atoms with Gasteiger partial charge in [0.25, 0.3) is 5.56 Å². The fourth-order valence-corrected chi connectivity index (χ4v) is 6.02. The topological polar surface area (TPSA) is 65.7 Å². The first kappa shape index (κ1) is 28.3. The Morgan fingerprint density at radius 1 is 1.05 bits per heavy atom. The molecule has 39 heavy (non-hydrogen) atoms. The Bertz CT molecular complexity index is 1600. The van der Waals surface area contributed by atoms with Gasteiger partial charge in [0, 0.05) is 24.9 Å². The molecular weight excluding hydrogens is 714 g/mol. The lowest BCUT2D eigenvalue weighted by Crippen LogP contribution is -2.25. The standard InChI is InChI=1S/C29H25Br3ClN3O3/c1-38-24-13-19(25(32)26(33)27(24)39-16-17-7-9-20(30)10-8-17)15-34-36-28(18-5-3-2-4-6-18)35-23-12-11-21(31)14-22(23)29(36)37/h7-15,18H,2-6,16H2,1H3. The maximum atomic E-state index is 13.6. The molecule has 0 atom stereocenters. The van der Waals surface area contributed by atoms with Crippen LogP contribution in [0.15, 0.2) is 71.8 Å². The fraction of sp³-hybridized carbons (Fsp3) is 0.276. The van der Waals surface area contributed by atoms with Crippen LogP contribution in [0.25, 0.3) is 10.9 Å². The SMILES string of the molecule is COc1cc(C=Nn2c(C3CCCCC3)nc3ccc(Br)cc3c2=O)c(Br)c(Cl)c1OCc1ccc(Br)cc1. The lowest BCUT2D eigenvalue weighted by atomic mass is 9.88. The third-order valence-corrected chi connectivity index (χ3v) is 9.25. The zero-order valence-corrected chi connectivity index (χ0v) is 26.6. The molecule has 0 spiro atoms. The summed E-state index contributed by atoms with van der Waals surface area (Å²) in [6.07, 6.45) is 7.00. The Labute approximate surface area is 256 Å². The number of aromatic nitrogens is 2. The van der Waals surface area contributed by atoms with Crippen LogP contribution in [0.5, 0.6) is 11.5 Å². The van der Waals surface area contributed by atoms with Crippen LogP contribution in [-0.4, -0.2) is 23.0 Å². The van der Waals surface area contributed by atoms with Gasteiger partial charge in [0.2, 0.25) is 0 Å². The minimum atomic E-state index is -0.207. The van der Waals surface area contributed by atoms with Crippen molar-refractivity contribution in [1.29, 1.82) is 0 Å². The smallest absolute Gasteiger partial charge is 0.282 e. The highest BCUT2D eigenvalue weighted by Gasteiger charge is 2.23. The van der Waals surface area contributed by atoms with Crippen molar-refractivity contribution in [3.05, 3.63) is 94.3 Å². The van der Waals surface area contributed by atoms with Gasteiger partial charge in [-0.15, -0.1) is 0 Å². The number of fused-ring (bicyclic) bond motifs is 1. The second kappa shape index (κ2) is 12.5. The summed E-state index contributed by atoms with van der Waals surface area (Å²) >= 11 is 17.2. The number of rotatable bonds is 7. The quantitative estimate of drug-likeness (QED) is 0.178. The first-order chi connectivity index (χ1) is 18.9. The van der Waals surface area contributed by atoms with Crippen LogP contribution in [-0.2, 0) is 6.61 Å². The molecule has 1 aliphatic carbocycles. The summed E-state index contributed by atoms with van der Waals surface area (Å²) in [5.41, 5.74) is 2.10. The normalized spacial score (nSPS) is 14.3. The Morgan fingerprint density at radius 2 is 1.77 bits per heavy atom. The summed E-state index contributed by atoms with van der Waals surface area (Å²) in [5.74, 6) is 1.74. The van der Waals surface area contributed by atoms with E-state index < -0.39 is 0 Å². The summed E-state index contributed by atoms with van der Waals surface area (Å²) in [7, 11) is 1.56. The van der Waals surface area contributed by atoms with Crippen LogP contribution < -0.4 is 15.0 Å². The van der Waals surface area contributed by atoms with E-state index in [-0.39, 0.29) is 11.5 Å². The van der Waals surface area contributed by atoms with Gasteiger partial charge in [-0.05, 0) is 70.7 Å². The molecule has 10 heteroatoms. The Morgan fingerprint density at radius 3 is 2.49 bits per heavy atom. The molecule has 0 amide bonds. The molecule has 1 aromatic heterocycles. The Hall–Kier alpha value is -2.20. The zero-order valence-electron chi connectivity index (χ0n) is 21.1. The summed E-state index contributed by atoms with van der Waals surface area (Å²) < 4.78 is 15.5. The van der Waals surface area contributed by atoms with Gasteiger partial charge >= 0.3 is 0 Å². The van der Waals surface area contributed by atoms with E-state index in [1.807, 2.05) is 36.4 Å². The molecular formula is C29H25Br3ClN3O3. The van der Waals surface area contributed by atoms with Crippen molar-refractivity contribution in [2.75, 3.05) is 7.11 Å². The first-order valence-corrected chi connectivity index (χ1v) is 15.3. The molecule has 0 bridgehead atoms. The molecule has 1 saturated carbocycles. The van der Waals surface area contributed by atoms with E-state index >= 15 is 0 Å². The zero-order chi connectivity index (χ0) is 27.5. The van der Waals surface area contributed by atoms with Crippen molar-refractivity contribution in [1.82, 2.24) is 9.66 Å². The number of hydrogen-bond donors (Lipinski definition) is 0. The molecule has 6 nitrogen and oxygen atoms in total. The average molecular weight is 739 g/mol. The maximum Gasteiger partial charge on any atom is 0.282 e. The van der Waals surface area contributed by atoms with E-state index in [1.54, 1.807) is 25.5 Å². The summed E-state index contributed by atoms with van der Waals surface area (Å²) in [6.45, 7) is 0.321. The fourth-order valence-electron chi connectivity index (χ4n) is 4.74. The van der Waals surface area contributed by atoms with Gasteiger partial charge in [-0.1, -0.05) is 74.9 Å². The van der Waals surface area contributed by atoms with Crippen molar-refractivity contribution < 1.29 is 9.47 Å². The Balaban J connectivity index is 1.53. The van der Waals surface area contributed by atoms with E-state index in [1.165, 1.54) is 11.1 Å². The van der Waals surface area contributed by atoms with Crippen molar-refractivity contribution >= 4 is 76.5 Å². The molecule has 4 aromatic rings. The summed E-state index contributed by atoms with van der Waals surface area (Å²) in [6, 6.07) is 15.2. The highest BCUT2D eigenvalue weighted by atomic mass is 79.9. The largest absolute Gasteiger partial charge is 0.493 e. The van der Waals surface area contributed by atoms with Crippen molar-refractivity contribution in [2.24, 2.45) is 5.10 Å². The van der Waals surface area contributed by atoms with Crippen LogP contribution >= 0.6 is 59.4 Å². The van der Waals surface area contributed by atoms with Crippen LogP contribution in [0, 0.1) is 0 Å². The maximum absolute atomic E-state index is 13.6. The van der Waals surface area contributed by atoms with Crippen molar-refractivity contribution in [2.45, 2.75) is 44.6 Å². The van der Waals surface area contributed by atoms with Crippen LogP contribution in [0.4, 0.5) is 0 Å². The van der Waals surface area contributed by atoms with E-state index in [4.69, 9.17) is 26.1 Å². The monoisotopic (exact) mass is 735 g/mol. The minimum Gasteiger partial charge on any atom is -0.493 e. The van der Waals surface area contributed by atoms with Crippen LogP contribution in [0.1, 0.15) is 55.0 Å². The Kier molecular flexibility index (Phi) is 9.11. The third kappa shape index (κ3) is 6.26. The summed E-state index contributed by atoms with van der Waals surface area (Å²) in [5, 5.41) is 5.51. The van der Waals surface area contributed by atoms with Gasteiger partial charge in [0.1, 0.15) is 17.5 Å². The molecule has 1 heterocycles. The van der Waals surface area contributed by atoms with Crippen LogP contribution in [0.2, 0.25) is 5.02 Å². The molecule has 3 aromatic carbocycles. The van der Waals surface area contributed by atoms with Gasteiger partial charge in [-0.3, -0.25) is 4.79 Å². The van der Waals surface area contributed by atoms with Crippen molar-refractivity contribution in [3.63, 3.8) is 0 Å². The molecule has 0 unspecified atom stereocenters. The highest BCUT2D eigenvalue weighted by molar-refractivity contribution is 9.11. The van der Waals surface area contributed by atoms with E-state index in [9.17, 15) is 4.79 Å². The molecule has 0 aliphatic heterocycles. The second-order valence-electron chi connectivity index (χ2n) is 9.37. The number of nitrogens with zero attached hydrogens (tertiary/aromatic N) is 3. The molecule has 0 N–H and O–H groups in total. The number of ether oxygens (including phenoxy) is 2. The molecule has 202 valence electrons. The molecule has 0 radical (unpaired) electrons.